The molecule has 0 bridgehead atoms. The van der Waals surface area contributed by atoms with E-state index in [2.05, 4.69) is 18.0 Å². The second-order valence-electron chi connectivity index (χ2n) is 2.93. The summed E-state index contributed by atoms with van der Waals surface area (Å²) in [5.41, 5.74) is 3.26. The van der Waals surface area contributed by atoms with Crippen LogP contribution >= 0.6 is 11.6 Å². The molecule has 0 saturated carbocycles. The molecule has 0 aliphatic heterocycles. The average Bonchev–Trinajstić information content (AvgIpc) is 2.31. The molecular weight excluding hydrogens is 172 g/mol. The molecular formula is C9H9ClN2. The molecule has 1 aromatic heterocycles. The lowest BCUT2D eigenvalue weighted by molar-refractivity contribution is 0.948. The molecule has 0 atom stereocenters. The monoisotopic (exact) mass is 180 g/mol. The van der Waals surface area contributed by atoms with Crippen molar-refractivity contribution in [2.75, 3.05) is 0 Å². The molecule has 3 heteroatoms. The molecule has 0 spiro atoms. The zero-order valence-electron chi connectivity index (χ0n) is 7.00. The van der Waals surface area contributed by atoms with Gasteiger partial charge in [-0.25, -0.2) is 4.98 Å². The first-order valence-corrected chi connectivity index (χ1v) is 4.15. The van der Waals surface area contributed by atoms with E-state index in [1.165, 1.54) is 5.56 Å². The Balaban J connectivity index is 2.88. The van der Waals surface area contributed by atoms with Gasteiger partial charge in [-0.15, -0.1) is 0 Å². The summed E-state index contributed by atoms with van der Waals surface area (Å²) in [5.74, 6) is 0. The average molecular weight is 181 g/mol. The molecule has 0 N–H and O–H groups in total. The van der Waals surface area contributed by atoms with E-state index in [1.54, 1.807) is 0 Å². The quantitative estimate of drug-likeness (QED) is 0.609. The summed E-state index contributed by atoms with van der Waals surface area (Å²) in [6.45, 7) is 2.06. The van der Waals surface area contributed by atoms with E-state index in [1.807, 2.05) is 23.7 Å². The first-order valence-electron chi connectivity index (χ1n) is 3.77. The number of hydrogen-bond acceptors (Lipinski definition) is 1. The minimum atomic E-state index is 0.538. The highest BCUT2D eigenvalue weighted by Crippen LogP contribution is 2.18. The molecule has 12 heavy (non-hydrogen) atoms. The zero-order chi connectivity index (χ0) is 8.72. The fraction of sp³-hybridized carbons (Fsp3) is 0.222. The minimum absolute atomic E-state index is 0.538. The molecule has 0 radical (unpaired) electrons. The second-order valence-corrected chi connectivity index (χ2v) is 3.27. The highest BCUT2D eigenvalue weighted by molar-refractivity contribution is 6.29. The topological polar surface area (TPSA) is 17.8 Å². The number of hydrogen-bond donors (Lipinski definition) is 0. The van der Waals surface area contributed by atoms with Crippen LogP contribution in [0.3, 0.4) is 0 Å². The van der Waals surface area contributed by atoms with E-state index in [9.17, 15) is 0 Å². The van der Waals surface area contributed by atoms with Crippen molar-refractivity contribution in [3.8, 4) is 0 Å². The molecule has 2 nitrogen and oxygen atoms in total. The highest BCUT2D eigenvalue weighted by Gasteiger charge is 2.03. The van der Waals surface area contributed by atoms with Gasteiger partial charge >= 0.3 is 0 Å². The van der Waals surface area contributed by atoms with Crippen molar-refractivity contribution in [3.05, 3.63) is 29.0 Å². The van der Waals surface area contributed by atoms with Gasteiger partial charge in [0.15, 0.2) is 0 Å². The lowest BCUT2D eigenvalue weighted by Crippen LogP contribution is -1.86. The van der Waals surface area contributed by atoms with Crippen LogP contribution in [0.4, 0.5) is 0 Å². The van der Waals surface area contributed by atoms with Gasteiger partial charge in [0, 0.05) is 7.05 Å². The fourth-order valence-electron chi connectivity index (χ4n) is 1.27. The molecule has 0 aliphatic carbocycles. The van der Waals surface area contributed by atoms with Crippen LogP contribution in [0.2, 0.25) is 5.28 Å². The van der Waals surface area contributed by atoms with Crippen LogP contribution < -0.4 is 0 Å². The lowest BCUT2D eigenvalue weighted by atomic mass is 10.2. The third-order valence-corrected chi connectivity index (χ3v) is 2.32. The van der Waals surface area contributed by atoms with Gasteiger partial charge in [0.05, 0.1) is 11.0 Å². The summed E-state index contributed by atoms with van der Waals surface area (Å²) in [4.78, 5) is 4.18. The van der Waals surface area contributed by atoms with E-state index >= 15 is 0 Å². The predicted molar refractivity (Wildman–Crippen MR) is 50.5 cm³/mol. The molecule has 2 aromatic rings. The van der Waals surface area contributed by atoms with Crippen molar-refractivity contribution in [1.82, 2.24) is 9.55 Å². The maximum atomic E-state index is 5.86. The maximum Gasteiger partial charge on any atom is 0.203 e. The molecule has 0 unspecified atom stereocenters. The number of aryl methyl sites for hydroxylation is 2. The Morgan fingerprint density at radius 1 is 1.42 bits per heavy atom. The summed E-state index contributed by atoms with van der Waals surface area (Å²) in [6, 6.07) is 6.09. The van der Waals surface area contributed by atoms with Crippen molar-refractivity contribution < 1.29 is 0 Å². The molecule has 1 aromatic carbocycles. The Labute approximate surface area is 75.8 Å². The van der Waals surface area contributed by atoms with Gasteiger partial charge in [0.1, 0.15) is 0 Å². The van der Waals surface area contributed by atoms with Crippen molar-refractivity contribution in [2.45, 2.75) is 6.92 Å². The van der Waals surface area contributed by atoms with E-state index in [0.29, 0.717) is 5.28 Å². The van der Waals surface area contributed by atoms with Crippen LogP contribution in [0.1, 0.15) is 5.56 Å². The summed E-state index contributed by atoms with van der Waals surface area (Å²) >= 11 is 5.86. The third-order valence-electron chi connectivity index (χ3n) is 1.98. The number of imidazole rings is 1. The van der Waals surface area contributed by atoms with Gasteiger partial charge in [0.2, 0.25) is 5.28 Å². The smallest absolute Gasteiger partial charge is 0.203 e. The predicted octanol–water partition coefficient (Wildman–Crippen LogP) is 2.54. The number of halogens is 1. The Bertz CT molecular complexity index is 431. The van der Waals surface area contributed by atoms with Gasteiger partial charge in [-0.1, -0.05) is 6.07 Å². The zero-order valence-corrected chi connectivity index (χ0v) is 7.76. The Morgan fingerprint density at radius 2 is 2.17 bits per heavy atom. The van der Waals surface area contributed by atoms with Crippen molar-refractivity contribution in [2.24, 2.45) is 7.05 Å². The number of fused-ring (bicyclic) bond motifs is 1. The molecule has 2 rings (SSSR count). The van der Waals surface area contributed by atoms with Crippen LogP contribution in [-0.2, 0) is 7.05 Å². The van der Waals surface area contributed by atoms with Crippen LogP contribution in [0.5, 0.6) is 0 Å². The molecule has 0 amide bonds. The maximum absolute atomic E-state index is 5.86. The van der Waals surface area contributed by atoms with E-state index in [-0.39, 0.29) is 0 Å². The molecule has 62 valence electrons. The van der Waals surface area contributed by atoms with Gasteiger partial charge in [-0.3, -0.25) is 0 Å². The van der Waals surface area contributed by atoms with Crippen LogP contribution in [-0.4, -0.2) is 9.55 Å². The van der Waals surface area contributed by atoms with E-state index in [0.717, 1.165) is 11.0 Å². The van der Waals surface area contributed by atoms with Gasteiger partial charge in [0.25, 0.3) is 0 Å². The second kappa shape index (κ2) is 2.49. The van der Waals surface area contributed by atoms with Crippen molar-refractivity contribution >= 4 is 22.6 Å². The highest BCUT2D eigenvalue weighted by atomic mass is 35.5. The van der Waals surface area contributed by atoms with Crippen LogP contribution in [0, 0.1) is 6.92 Å². The first-order chi connectivity index (χ1) is 5.68. The standard InChI is InChI=1S/C9H9ClN2/c1-6-3-4-7-8(5-6)12(2)9(10)11-7/h3-5H,1-2H3. The van der Waals surface area contributed by atoms with Gasteiger partial charge in [-0.05, 0) is 36.2 Å². The number of benzene rings is 1. The minimum Gasteiger partial charge on any atom is -0.318 e. The summed E-state index contributed by atoms with van der Waals surface area (Å²) in [6.07, 6.45) is 0. The Morgan fingerprint density at radius 3 is 2.92 bits per heavy atom. The number of rotatable bonds is 0. The van der Waals surface area contributed by atoms with E-state index in [4.69, 9.17) is 11.6 Å². The molecule has 0 fully saturated rings. The number of aromatic nitrogens is 2. The van der Waals surface area contributed by atoms with Crippen LogP contribution in [0.25, 0.3) is 11.0 Å². The normalized spacial score (nSPS) is 10.9. The fourth-order valence-corrected chi connectivity index (χ4v) is 1.45. The first kappa shape index (κ1) is 7.62. The Hall–Kier alpha value is -1.02. The Kier molecular flexibility index (Phi) is 1.58. The van der Waals surface area contributed by atoms with E-state index < -0.39 is 0 Å². The SMILES string of the molecule is Cc1ccc2nc(Cl)n(C)c2c1. The lowest BCUT2D eigenvalue weighted by Gasteiger charge is -1.95. The van der Waals surface area contributed by atoms with Crippen LogP contribution in [0.15, 0.2) is 18.2 Å². The van der Waals surface area contributed by atoms with Gasteiger partial charge in [-0.2, -0.15) is 0 Å². The molecule has 1 heterocycles. The third kappa shape index (κ3) is 0.994. The summed E-state index contributed by atoms with van der Waals surface area (Å²) in [5, 5.41) is 0.538. The summed E-state index contributed by atoms with van der Waals surface area (Å²) < 4.78 is 1.88. The largest absolute Gasteiger partial charge is 0.318 e. The van der Waals surface area contributed by atoms with Crippen molar-refractivity contribution in [3.63, 3.8) is 0 Å². The van der Waals surface area contributed by atoms with Crippen molar-refractivity contribution in [1.29, 1.82) is 0 Å². The number of nitrogens with zero attached hydrogens (tertiary/aromatic N) is 2. The molecule has 0 saturated heterocycles. The molecule has 0 aliphatic rings. The summed E-state index contributed by atoms with van der Waals surface area (Å²) in [7, 11) is 1.91. The van der Waals surface area contributed by atoms with Gasteiger partial charge < -0.3 is 4.57 Å².